The summed E-state index contributed by atoms with van der Waals surface area (Å²) in [5.41, 5.74) is 2.88. The van der Waals surface area contributed by atoms with Gasteiger partial charge in [-0.1, -0.05) is 43.7 Å². The molecule has 0 aromatic heterocycles. The van der Waals surface area contributed by atoms with Crippen molar-refractivity contribution in [3.63, 3.8) is 0 Å². The standard InChI is InChI=1S/C14H22/c1-4-6-8-12(3)14(9-7-5-2)13-10-11-13/h5,7,9,13H,3-4,6,8,10-11H2,1-2H3/b7-5-,14-9+. The van der Waals surface area contributed by atoms with E-state index in [9.17, 15) is 0 Å². The zero-order valence-electron chi connectivity index (χ0n) is 9.55. The summed E-state index contributed by atoms with van der Waals surface area (Å²) in [6, 6.07) is 0. The van der Waals surface area contributed by atoms with Crippen molar-refractivity contribution in [2.24, 2.45) is 5.92 Å². The summed E-state index contributed by atoms with van der Waals surface area (Å²) in [5.74, 6) is 0.829. The Hall–Kier alpha value is -0.780. The molecule has 0 radical (unpaired) electrons. The minimum absolute atomic E-state index is 0.829. The first-order valence-corrected chi connectivity index (χ1v) is 5.80. The molecular weight excluding hydrogens is 168 g/mol. The summed E-state index contributed by atoms with van der Waals surface area (Å²) in [6.07, 6.45) is 13.0. The molecule has 0 N–H and O–H groups in total. The highest BCUT2D eigenvalue weighted by Gasteiger charge is 2.26. The Bertz CT molecular complexity index is 239. The fourth-order valence-corrected chi connectivity index (χ4v) is 1.67. The molecule has 78 valence electrons. The van der Waals surface area contributed by atoms with Crippen molar-refractivity contribution < 1.29 is 0 Å². The summed E-state index contributed by atoms with van der Waals surface area (Å²) in [6.45, 7) is 8.51. The normalized spacial score (nSPS) is 17.7. The third kappa shape index (κ3) is 3.53. The molecule has 0 aromatic carbocycles. The van der Waals surface area contributed by atoms with Gasteiger partial charge in [-0.25, -0.2) is 0 Å². The number of rotatable bonds is 6. The Morgan fingerprint density at radius 1 is 1.43 bits per heavy atom. The van der Waals surface area contributed by atoms with Crippen LogP contribution in [0, 0.1) is 5.92 Å². The average molecular weight is 190 g/mol. The van der Waals surface area contributed by atoms with Crippen molar-refractivity contribution in [2.75, 3.05) is 0 Å². The van der Waals surface area contributed by atoms with Gasteiger partial charge in [-0.2, -0.15) is 0 Å². The van der Waals surface area contributed by atoms with E-state index in [0.29, 0.717) is 0 Å². The van der Waals surface area contributed by atoms with Gasteiger partial charge in [-0.05, 0) is 44.1 Å². The summed E-state index contributed by atoms with van der Waals surface area (Å²) >= 11 is 0. The second-order valence-electron chi connectivity index (χ2n) is 4.13. The van der Waals surface area contributed by atoms with Crippen LogP contribution in [0.15, 0.2) is 36.0 Å². The maximum absolute atomic E-state index is 4.20. The minimum atomic E-state index is 0.829. The molecule has 0 nitrogen and oxygen atoms in total. The highest BCUT2D eigenvalue weighted by molar-refractivity contribution is 5.36. The third-order valence-electron chi connectivity index (χ3n) is 2.73. The summed E-state index contributed by atoms with van der Waals surface area (Å²) in [7, 11) is 0. The first-order chi connectivity index (χ1) is 6.79. The molecule has 0 bridgehead atoms. The number of unbranched alkanes of at least 4 members (excludes halogenated alkanes) is 1. The Labute approximate surface area is 88.4 Å². The van der Waals surface area contributed by atoms with Gasteiger partial charge in [0.15, 0.2) is 0 Å². The predicted octanol–water partition coefficient (Wildman–Crippen LogP) is 4.65. The van der Waals surface area contributed by atoms with Gasteiger partial charge < -0.3 is 0 Å². The lowest BCUT2D eigenvalue weighted by Crippen LogP contribution is -1.91. The molecule has 0 atom stereocenters. The highest BCUT2D eigenvalue weighted by Crippen LogP contribution is 2.40. The van der Waals surface area contributed by atoms with Crippen LogP contribution in [0.3, 0.4) is 0 Å². The molecule has 0 spiro atoms. The maximum Gasteiger partial charge on any atom is -0.0159 e. The molecule has 1 rings (SSSR count). The second kappa shape index (κ2) is 5.85. The van der Waals surface area contributed by atoms with E-state index in [1.807, 2.05) is 0 Å². The van der Waals surface area contributed by atoms with Crippen LogP contribution in [0.25, 0.3) is 0 Å². The lowest BCUT2D eigenvalue weighted by Gasteiger charge is -2.08. The van der Waals surface area contributed by atoms with Crippen molar-refractivity contribution in [3.05, 3.63) is 36.0 Å². The van der Waals surface area contributed by atoms with E-state index < -0.39 is 0 Å². The van der Waals surface area contributed by atoms with Crippen LogP contribution in [-0.2, 0) is 0 Å². The molecular formula is C14H22. The van der Waals surface area contributed by atoms with E-state index in [2.05, 4.69) is 38.7 Å². The zero-order chi connectivity index (χ0) is 10.4. The average Bonchev–Trinajstić information content (AvgIpc) is 2.99. The number of hydrogen-bond acceptors (Lipinski definition) is 0. The monoisotopic (exact) mass is 190 g/mol. The van der Waals surface area contributed by atoms with E-state index in [-0.39, 0.29) is 0 Å². The molecule has 1 fully saturated rings. The van der Waals surface area contributed by atoms with Crippen LogP contribution in [0.1, 0.15) is 46.0 Å². The van der Waals surface area contributed by atoms with Crippen molar-refractivity contribution in [3.8, 4) is 0 Å². The molecule has 1 saturated carbocycles. The Kier molecular flexibility index (Phi) is 4.72. The SMILES string of the molecule is C=C(CCCC)/C(=C\C=C/C)C1CC1. The van der Waals surface area contributed by atoms with Gasteiger partial charge in [0.05, 0.1) is 0 Å². The molecule has 0 unspecified atom stereocenters. The second-order valence-corrected chi connectivity index (χ2v) is 4.13. The van der Waals surface area contributed by atoms with Gasteiger partial charge in [0.1, 0.15) is 0 Å². The van der Waals surface area contributed by atoms with Crippen molar-refractivity contribution in [1.82, 2.24) is 0 Å². The smallest absolute Gasteiger partial charge is 0.0159 e. The fraction of sp³-hybridized carbons (Fsp3) is 0.571. The quantitative estimate of drug-likeness (QED) is 0.535. The molecule has 0 aliphatic heterocycles. The Balaban J connectivity index is 2.53. The van der Waals surface area contributed by atoms with Gasteiger partial charge in [-0.3, -0.25) is 0 Å². The van der Waals surface area contributed by atoms with Gasteiger partial charge >= 0.3 is 0 Å². The van der Waals surface area contributed by atoms with E-state index in [0.717, 1.165) is 5.92 Å². The molecule has 0 amide bonds. The Morgan fingerprint density at radius 3 is 2.64 bits per heavy atom. The third-order valence-corrected chi connectivity index (χ3v) is 2.73. The molecule has 1 aliphatic rings. The van der Waals surface area contributed by atoms with E-state index in [1.54, 1.807) is 0 Å². The van der Waals surface area contributed by atoms with Crippen LogP contribution < -0.4 is 0 Å². The minimum Gasteiger partial charge on any atom is -0.0955 e. The van der Waals surface area contributed by atoms with Gasteiger partial charge in [0.2, 0.25) is 0 Å². The molecule has 0 heteroatoms. The van der Waals surface area contributed by atoms with Crippen molar-refractivity contribution in [2.45, 2.75) is 46.0 Å². The lowest BCUT2D eigenvalue weighted by atomic mass is 9.97. The summed E-state index contributed by atoms with van der Waals surface area (Å²) in [5, 5.41) is 0. The van der Waals surface area contributed by atoms with E-state index in [1.165, 1.54) is 43.3 Å². The molecule has 14 heavy (non-hydrogen) atoms. The van der Waals surface area contributed by atoms with Gasteiger partial charge in [-0.15, -0.1) is 0 Å². The van der Waals surface area contributed by atoms with Crippen LogP contribution >= 0.6 is 0 Å². The van der Waals surface area contributed by atoms with Gasteiger partial charge in [0, 0.05) is 0 Å². The van der Waals surface area contributed by atoms with Crippen LogP contribution in [0.2, 0.25) is 0 Å². The van der Waals surface area contributed by atoms with E-state index in [4.69, 9.17) is 0 Å². The molecule has 0 aromatic rings. The summed E-state index contributed by atoms with van der Waals surface area (Å²) < 4.78 is 0. The number of hydrogen-bond donors (Lipinski definition) is 0. The predicted molar refractivity (Wildman–Crippen MR) is 64.3 cm³/mol. The largest absolute Gasteiger partial charge is 0.0955 e. The van der Waals surface area contributed by atoms with E-state index >= 15 is 0 Å². The Morgan fingerprint density at radius 2 is 2.14 bits per heavy atom. The van der Waals surface area contributed by atoms with Crippen LogP contribution in [-0.4, -0.2) is 0 Å². The molecule has 0 heterocycles. The molecule has 1 aliphatic carbocycles. The van der Waals surface area contributed by atoms with Gasteiger partial charge in [0.25, 0.3) is 0 Å². The van der Waals surface area contributed by atoms with Crippen LogP contribution in [0.5, 0.6) is 0 Å². The topological polar surface area (TPSA) is 0 Å². The number of allylic oxidation sites excluding steroid dienone is 5. The first-order valence-electron chi connectivity index (χ1n) is 5.80. The van der Waals surface area contributed by atoms with Crippen molar-refractivity contribution in [1.29, 1.82) is 0 Å². The fourth-order valence-electron chi connectivity index (χ4n) is 1.67. The molecule has 0 saturated heterocycles. The first kappa shape index (κ1) is 11.3. The maximum atomic E-state index is 4.20. The zero-order valence-corrected chi connectivity index (χ0v) is 9.55. The van der Waals surface area contributed by atoms with Crippen LogP contribution in [0.4, 0.5) is 0 Å². The highest BCUT2D eigenvalue weighted by atomic mass is 14.3. The summed E-state index contributed by atoms with van der Waals surface area (Å²) in [4.78, 5) is 0. The van der Waals surface area contributed by atoms with Crippen molar-refractivity contribution >= 4 is 0 Å². The lowest BCUT2D eigenvalue weighted by molar-refractivity contribution is 0.782.